The van der Waals surface area contributed by atoms with Gasteiger partial charge in [0.25, 0.3) is 0 Å². The zero-order valence-electron chi connectivity index (χ0n) is 14.7. The minimum absolute atomic E-state index is 0.290. The zero-order chi connectivity index (χ0) is 18.8. The molecule has 0 radical (unpaired) electrons. The first-order chi connectivity index (χ1) is 13.1. The van der Waals surface area contributed by atoms with Crippen molar-refractivity contribution >= 4 is 40.0 Å². The molecule has 3 aromatic carbocycles. The molecule has 0 atom stereocenters. The predicted octanol–water partition coefficient (Wildman–Crippen LogP) is 6.14. The second-order valence-electron chi connectivity index (χ2n) is 6.25. The van der Waals surface area contributed by atoms with Crippen molar-refractivity contribution in [2.24, 2.45) is 7.05 Å². The van der Waals surface area contributed by atoms with Crippen molar-refractivity contribution in [1.82, 2.24) is 4.57 Å². The van der Waals surface area contributed by atoms with Gasteiger partial charge < -0.3 is 9.88 Å². The van der Waals surface area contributed by atoms with Crippen molar-refractivity contribution in [3.8, 4) is 11.1 Å². The van der Waals surface area contributed by atoms with Gasteiger partial charge in [0.15, 0.2) is 0 Å². The fourth-order valence-electron chi connectivity index (χ4n) is 3.24. The largest absolute Gasteiger partial charge is 0.330 e. The lowest BCUT2D eigenvalue weighted by molar-refractivity contribution is 0.262. The van der Waals surface area contributed by atoms with E-state index in [0.29, 0.717) is 5.02 Å². The maximum Gasteiger partial charge on any atom is 0.324 e. The second kappa shape index (κ2) is 7.17. The highest BCUT2D eigenvalue weighted by Crippen LogP contribution is 2.38. The number of nitrogens with zero attached hydrogens (tertiary/aromatic N) is 1. The first-order valence-electron chi connectivity index (χ1n) is 8.60. The molecule has 0 unspecified atom stereocenters. The van der Waals surface area contributed by atoms with E-state index in [0.717, 1.165) is 33.5 Å². The molecule has 0 aliphatic heterocycles. The molecule has 5 heteroatoms. The number of hydrogen-bond donors (Lipinski definition) is 2. The highest BCUT2D eigenvalue weighted by molar-refractivity contribution is 6.30. The highest BCUT2D eigenvalue weighted by Gasteiger charge is 2.18. The Kier molecular flexibility index (Phi) is 4.57. The van der Waals surface area contributed by atoms with Gasteiger partial charge in [-0.25, -0.2) is 4.79 Å². The molecule has 27 heavy (non-hydrogen) atoms. The summed E-state index contributed by atoms with van der Waals surface area (Å²) in [4.78, 5) is 12.6. The summed E-state index contributed by atoms with van der Waals surface area (Å²) in [5.41, 5.74) is 3.73. The molecule has 4 rings (SSSR count). The van der Waals surface area contributed by atoms with E-state index in [2.05, 4.69) is 16.7 Å². The summed E-state index contributed by atoms with van der Waals surface area (Å²) in [7, 11) is 1.94. The Labute approximate surface area is 162 Å². The number of nitrogens with one attached hydrogen (secondary N) is 2. The molecule has 0 fully saturated rings. The standard InChI is InChI=1S/C22H18ClN3O/c1-26-19-10-6-5-9-18(19)20(15-11-13-16(23)14-12-15)21(26)25-22(27)24-17-7-3-2-4-8-17/h2-14H,1H3,(H2,24,25,27). The molecule has 1 aromatic heterocycles. The molecule has 2 amide bonds. The Hall–Kier alpha value is -3.24. The number of aryl methyl sites for hydroxylation is 1. The van der Waals surface area contributed by atoms with Crippen LogP contribution in [-0.2, 0) is 7.05 Å². The molecule has 134 valence electrons. The molecular formula is C22H18ClN3O. The van der Waals surface area contributed by atoms with E-state index in [4.69, 9.17) is 11.6 Å². The van der Waals surface area contributed by atoms with Crippen LogP contribution in [0.5, 0.6) is 0 Å². The summed E-state index contributed by atoms with van der Waals surface area (Å²) in [5, 5.41) is 7.62. The monoisotopic (exact) mass is 375 g/mol. The van der Waals surface area contributed by atoms with Crippen LogP contribution in [0.3, 0.4) is 0 Å². The summed E-state index contributed by atoms with van der Waals surface area (Å²) in [6.07, 6.45) is 0. The maximum absolute atomic E-state index is 12.6. The van der Waals surface area contributed by atoms with E-state index in [9.17, 15) is 4.79 Å². The van der Waals surface area contributed by atoms with Gasteiger partial charge in [0.05, 0.1) is 5.52 Å². The molecule has 0 aliphatic rings. The third kappa shape index (κ3) is 3.39. The van der Waals surface area contributed by atoms with E-state index in [1.165, 1.54) is 0 Å². The predicted molar refractivity (Wildman–Crippen MR) is 112 cm³/mol. The number of amides is 2. The Morgan fingerprint density at radius 3 is 2.26 bits per heavy atom. The average molecular weight is 376 g/mol. The quantitative estimate of drug-likeness (QED) is 0.443. The third-order valence-corrected chi connectivity index (χ3v) is 4.76. The van der Waals surface area contributed by atoms with Crippen LogP contribution in [0.15, 0.2) is 78.9 Å². The second-order valence-corrected chi connectivity index (χ2v) is 6.69. The Morgan fingerprint density at radius 2 is 1.52 bits per heavy atom. The van der Waals surface area contributed by atoms with Crippen LogP contribution in [0.4, 0.5) is 16.3 Å². The Morgan fingerprint density at radius 1 is 0.852 bits per heavy atom. The van der Waals surface area contributed by atoms with Crippen molar-refractivity contribution < 1.29 is 4.79 Å². The number of urea groups is 1. The smallest absolute Gasteiger partial charge is 0.324 e. The average Bonchev–Trinajstić information content (AvgIpc) is 2.96. The molecule has 0 spiro atoms. The fourth-order valence-corrected chi connectivity index (χ4v) is 3.37. The first kappa shape index (κ1) is 17.2. The molecule has 0 aliphatic carbocycles. The van der Waals surface area contributed by atoms with Gasteiger partial charge in [-0.15, -0.1) is 0 Å². The number of fused-ring (bicyclic) bond motifs is 1. The van der Waals surface area contributed by atoms with Crippen LogP contribution in [0.25, 0.3) is 22.0 Å². The van der Waals surface area contributed by atoms with Gasteiger partial charge in [0.2, 0.25) is 0 Å². The number of hydrogen-bond acceptors (Lipinski definition) is 1. The van der Waals surface area contributed by atoms with E-state index in [1.807, 2.05) is 84.4 Å². The number of anilines is 2. The summed E-state index contributed by atoms with van der Waals surface area (Å²) >= 11 is 6.05. The van der Waals surface area contributed by atoms with Gasteiger partial charge >= 0.3 is 6.03 Å². The molecule has 2 N–H and O–H groups in total. The van der Waals surface area contributed by atoms with Gasteiger partial charge in [-0.2, -0.15) is 0 Å². The third-order valence-electron chi connectivity index (χ3n) is 4.50. The normalized spacial score (nSPS) is 10.7. The van der Waals surface area contributed by atoms with Crippen LogP contribution < -0.4 is 10.6 Å². The van der Waals surface area contributed by atoms with Crippen LogP contribution >= 0.6 is 11.6 Å². The lowest BCUT2D eigenvalue weighted by Gasteiger charge is -2.11. The number of para-hydroxylation sites is 2. The first-order valence-corrected chi connectivity index (χ1v) is 8.97. The van der Waals surface area contributed by atoms with Crippen molar-refractivity contribution in [1.29, 1.82) is 0 Å². The summed E-state index contributed by atoms with van der Waals surface area (Å²) in [6.45, 7) is 0. The highest BCUT2D eigenvalue weighted by atomic mass is 35.5. The fraction of sp³-hybridized carbons (Fsp3) is 0.0455. The molecule has 0 saturated carbocycles. The van der Waals surface area contributed by atoms with E-state index in [1.54, 1.807) is 0 Å². The Bertz CT molecular complexity index is 1100. The van der Waals surface area contributed by atoms with E-state index in [-0.39, 0.29) is 6.03 Å². The van der Waals surface area contributed by atoms with Crippen molar-refractivity contribution in [2.75, 3.05) is 10.6 Å². The van der Waals surface area contributed by atoms with Crippen LogP contribution in [0.1, 0.15) is 0 Å². The summed E-state index contributed by atoms with van der Waals surface area (Å²) in [6, 6.07) is 24.8. The van der Waals surface area contributed by atoms with Gasteiger partial charge in [0.1, 0.15) is 5.82 Å². The minimum Gasteiger partial charge on any atom is -0.330 e. The lowest BCUT2D eigenvalue weighted by Crippen LogP contribution is -2.21. The topological polar surface area (TPSA) is 46.1 Å². The number of carbonyl (C=O) groups is 1. The van der Waals surface area contributed by atoms with Crippen LogP contribution in [0.2, 0.25) is 5.02 Å². The van der Waals surface area contributed by atoms with Crippen LogP contribution in [0, 0.1) is 0 Å². The minimum atomic E-state index is -0.290. The molecular weight excluding hydrogens is 358 g/mol. The van der Waals surface area contributed by atoms with Gasteiger partial charge in [-0.1, -0.05) is 60.1 Å². The van der Waals surface area contributed by atoms with Crippen molar-refractivity contribution in [3.05, 3.63) is 83.9 Å². The lowest BCUT2D eigenvalue weighted by atomic mass is 10.0. The van der Waals surface area contributed by atoms with Crippen molar-refractivity contribution in [3.63, 3.8) is 0 Å². The van der Waals surface area contributed by atoms with Gasteiger partial charge in [-0.3, -0.25) is 5.32 Å². The summed E-state index contributed by atoms with van der Waals surface area (Å²) < 4.78 is 1.99. The van der Waals surface area contributed by atoms with Gasteiger partial charge in [0, 0.05) is 28.7 Å². The molecule has 0 saturated heterocycles. The molecule has 0 bridgehead atoms. The van der Waals surface area contributed by atoms with E-state index < -0.39 is 0 Å². The van der Waals surface area contributed by atoms with Crippen LogP contribution in [-0.4, -0.2) is 10.6 Å². The maximum atomic E-state index is 12.6. The number of aromatic nitrogens is 1. The molecule has 4 aromatic rings. The Balaban J connectivity index is 1.77. The van der Waals surface area contributed by atoms with Crippen molar-refractivity contribution in [2.45, 2.75) is 0 Å². The SMILES string of the molecule is Cn1c(NC(=O)Nc2ccccc2)c(-c2ccc(Cl)cc2)c2ccccc21. The number of rotatable bonds is 3. The van der Waals surface area contributed by atoms with Gasteiger partial charge in [-0.05, 0) is 35.9 Å². The number of halogens is 1. The zero-order valence-corrected chi connectivity index (χ0v) is 15.5. The molecule has 1 heterocycles. The summed E-state index contributed by atoms with van der Waals surface area (Å²) in [5.74, 6) is 0.729. The number of benzene rings is 3. The number of carbonyl (C=O) groups excluding carboxylic acids is 1. The van der Waals surface area contributed by atoms with E-state index >= 15 is 0 Å². The molecule has 4 nitrogen and oxygen atoms in total.